The van der Waals surface area contributed by atoms with E-state index in [1.165, 1.54) is 0 Å². The van der Waals surface area contributed by atoms with Gasteiger partial charge in [-0.1, -0.05) is 0 Å². The lowest BCUT2D eigenvalue weighted by Gasteiger charge is -2.13. The monoisotopic (exact) mass is 316 g/mol. The number of nitro groups is 1. The average Bonchev–Trinajstić information content (AvgIpc) is 2.24. The van der Waals surface area contributed by atoms with Gasteiger partial charge in [0.1, 0.15) is 5.69 Å². The molecule has 1 heterocycles. The van der Waals surface area contributed by atoms with Crippen LogP contribution in [0.25, 0.3) is 0 Å². The van der Waals surface area contributed by atoms with E-state index in [1.54, 1.807) is 0 Å². The normalized spacial score (nSPS) is 11.5. The molecule has 0 aliphatic rings. The number of aromatic nitrogens is 1. The Morgan fingerprint density at radius 1 is 1.48 bits per heavy atom. The van der Waals surface area contributed by atoms with Crippen LogP contribution in [0.1, 0.15) is 17.7 Å². The number of carbonyl (C=O) groups is 1. The second-order valence-electron chi connectivity index (χ2n) is 3.52. The fourth-order valence-electron chi connectivity index (χ4n) is 1.32. The zero-order valence-corrected chi connectivity index (χ0v) is 9.73. The molecule has 0 saturated carbocycles. The molecule has 116 valence electrons. The van der Waals surface area contributed by atoms with Crippen LogP contribution in [0, 0.1) is 10.1 Å². The molecule has 1 rings (SSSR count). The summed E-state index contributed by atoms with van der Waals surface area (Å²) in [6, 6.07) is 0.108. The van der Waals surface area contributed by atoms with Gasteiger partial charge in [-0.2, -0.15) is 0 Å². The largest absolute Gasteiger partial charge is 0.574 e. The van der Waals surface area contributed by atoms with Crippen molar-refractivity contribution in [2.45, 2.75) is 19.2 Å². The Balaban J connectivity index is 3.47. The first-order valence-electron chi connectivity index (χ1n) is 4.95. The number of hydrogen-bond acceptors (Lipinski definition) is 5. The number of hydrogen-bond donors (Lipinski definition) is 1. The number of carboxylic acid groups (broad SMARTS) is 1. The lowest BCUT2D eigenvalue weighted by Crippen LogP contribution is -2.20. The summed E-state index contributed by atoms with van der Waals surface area (Å²) in [4.78, 5) is 22.8. The van der Waals surface area contributed by atoms with Gasteiger partial charge in [-0.15, -0.1) is 13.2 Å². The second-order valence-corrected chi connectivity index (χ2v) is 3.52. The Labute approximate surface area is 112 Å². The summed E-state index contributed by atoms with van der Waals surface area (Å²) in [6.45, 7) is 0. The van der Waals surface area contributed by atoms with Crippen molar-refractivity contribution < 1.29 is 41.5 Å². The van der Waals surface area contributed by atoms with Gasteiger partial charge in [0, 0.05) is 6.07 Å². The van der Waals surface area contributed by atoms with Crippen molar-refractivity contribution in [2.75, 3.05) is 0 Å². The molecule has 21 heavy (non-hydrogen) atoms. The maximum atomic E-state index is 12.6. The number of halogens is 5. The molecule has 0 fully saturated rings. The molecule has 0 radical (unpaired) electrons. The van der Waals surface area contributed by atoms with Crippen LogP contribution in [0.5, 0.6) is 5.88 Å². The Kier molecular flexibility index (Phi) is 4.60. The van der Waals surface area contributed by atoms with Gasteiger partial charge < -0.3 is 9.84 Å². The lowest BCUT2D eigenvalue weighted by molar-refractivity contribution is -0.386. The summed E-state index contributed by atoms with van der Waals surface area (Å²) in [5, 5.41) is 19.1. The minimum Gasteiger partial charge on any atom is -0.481 e. The smallest absolute Gasteiger partial charge is 0.481 e. The van der Waals surface area contributed by atoms with Crippen LogP contribution in [0.2, 0.25) is 0 Å². The zero-order chi connectivity index (χ0) is 16.4. The number of alkyl halides is 5. The Hall–Kier alpha value is -2.53. The van der Waals surface area contributed by atoms with Crippen molar-refractivity contribution in [3.8, 4) is 5.88 Å². The van der Waals surface area contributed by atoms with Gasteiger partial charge in [-0.25, -0.2) is 13.8 Å². The Morgan fingerprint density at radius 3 is 2.43 bits per heavy atom. The highest BCUT2D eigenvalue weighted by Gasteiger charge is 2.36. The van der Waals surface area contributed by atoms with Crippen molar-refractivity contribution in [3.05, 3.63) is 27.4 Å². The van der Waals surface area contributed by atoms with E-state index < -0.39 is 52.9 Å². The van der Waals surface area contributed by atoms with Gasteiger partial charge in [0.15, 0.2) is 0 Å². The van der Waals surface area contributed by atoms with Gasteiger partial charge in [-0.05, 0) is 0 Å². The summed E-state index contributed by atoms with van der Waals surface area (Å²) in [7, 11) is 0. The minimum absolute atomic E-state index is 0.108. The molecule has 0 saturated heterocycles. The third-order valence-electron chi connectivity index (χ3n) is 2.03. The van der Waals surface area contributed by atoms with Crippen molar-refractivity contribution in [1.82, 2.24) is 4.98 Å². The predicted octanol–water partition coefficient (Wildman–Crippen LogP) is 2.45. The van der Waals surface area contributed by atoms with Crippen LogP contribution in [-0.2, 0) is 11.2 Å². The molecule has 0 spiro atoms. The highest BCUT2D eigenvalue weighted by atomic mass is 19.4. The summed E-state index contributed by atoms with van der Waals surface area (Å²) >= 11 is 0. The van der Waals surface area contributed by atoms with Crippen LogP contribution in [0.3, 0.4) is 0 Å². The Morgan fingerprint density at radius 2 is 2.05 bits per heavy atom. The predicted molar refractivity (Wildman–Crippen MR) is 53.9 cm³/mol. The number of nitrogens with zero attached hydrogens (tertiary/aromatic N) is 2. The molecule has 0 amide bonds. The van der Waals surface area contributed by atoms with Crippen LogP contribution in [0.4, 0.5) is 27.6 Å². The molecule has 0 bridgehead atoms. The number of ether oxygens (including phenoxy) is 1. The average molecular weight is 316 g/mol. The standard InChI is InChI=1S/C9H5F5N2O5/c10-7(11)3-1-5(16(19)20)4(2-6(17)18)15-8(3)21-9(12,13)14/h1,7H,2H2,(H,17,18). The second kappa shape index (κ2) is 5.85. The summed E-state index contributed by atoms with van der Waals surface area (Å²) in [5.74, 6) is -3.27. The number of rotatable bonds is 5. The molecule has 12 heteroatoms. The van der Waals surface area contributed by atoms with Crippen molar-refractivity contribution in [2.24, 2.45) is 0 Å². The molecule has 0 atom stereocenters. The molecule has 0 aromatic carbocycles. The molecule has 0 aliphatic heterocycles. The van der Waals surface area contributed by atoms with E-state index in [0.717, 1.165) is 0 Å². The van der Waals surface area contributed by atoms with Gasteiger partial charge in [0.25, 0.3) is 12.1 Å². The van der Waals surface area contributed by atoms with Crippen molar-refractivity contribution >= 4 is 11.7 Å². The molecular weight excluding hydrogens is 311 g/mol. The van der Waals surface area contributed by atoms with Gasteiger partial charge >= 0.3 is 12.3 Å². The summed E-state index contributed by atoms with van der Waals surface area (Å²) in [5.41, 5.74) is -3.54. The van der Waals surface area contributed by atoms with Crippen molar-refractivity contribution in [3.63, 3.8) is 0 Å². The third kappa shape index (κ3) is 4.50. The van der Waals surface area contributed by atoms with E-state index in [1.807, 2.05) is 0 Å². The maximum Gasteiger partial charge on any atom is 0.574 e. The fourth-order valence-corrected chi connectivity index (χ4v) is 1.32. The van der Waals surface area contributed by atoms with E-state index in [0.29, 0.717) is 0 Å². The molecule has 1 aromatic rings. The van der Waals surface area contributed by atoms with Gasteiger partial charge in [-0.3, -0.25) is 14.9 Å². The molecule has 0 unspecified atom stereocenters. The van der Waals surface area contributed by atoms with E-state index in [4.69, 9.17) is 5.11 Å². The number of pyridine rings is 1. The van der Waals surface area contributed by atoms with Gasteiger partial charge in [0.2, 0.25) is 5.88 Å². The van der Waals surface area contributed by atoms with E-state index in [2.05, 4.69) is 9.72 Å². The molecule has 0 aliphatic carbocycles. The lowest BCUT2D eigenvalue weighted by atomic mass is 10.1. The zero-order valence-electron chi connectivity index (χ0n) is 9.73. The SMILES string of the molecule is O=C(O)Cc1nc(OC(F)(F)F)c(C(F)F)cc1[N+](=O)[O-]. The third-order valence-corrected chi connectivity index (χ3v) is 2.03. The summed E-state index contributed by atoms with van der Waals surface area (Å²) in [6.07, 6.45) is -10.0. The van der Waals surface area contributed by atoms with Crippen LogP contribution >= 0.6 is 0 Å². The summed E-state index contributed by atoms with van der Waals surface area (Å²) < 4.78 is 64.7. The highest BCUT2D eigenvalue weighted by molar-refractivity contribution is 5.71. The molecule has 1 N–H and O–H groups in total. The van der Waals surface area contributed by atoms with Crippen LogP contribution < -0.4 is 4.74 Å². The topological polar surface area (TPSA) is 103 Å². The molecule has 7 nitrogen and oxygen atoms in total. The fraction of sp³-hybridized carbons (Fsp3) is 0.333. The highest BCUT2D eigenvalue weighted by Crippen LogP contribution is 2.35. The first kappa shape index (κ1) is 16.5. The van der Waals surface area contributed by atoms with Crippen LogP contribution in [-0.4, -0.2) is 27.3 Å². The van der Waals surface area contributed by atoms with E-state index >= 15 is 0 Å². The van der Waals surface area contributed by atoms with Gasteiger partial charge in [0.05, 0.1) is 16.9 Å². The number of carboxylic acids is 1. The van der Waals surface area contributed by atoms with Crippen molar-refractivity contribution in [1.29, 1.82) is 0 Å². The Bertz CT molecular complexity index is 574. The van der Waals surface area contributed by atoms with E-state index in [9.17, 15) is 36.9 Å². The van der Waals surface area contributed by atoms with E-state index in [-0.39, 0.29) is 6.07 Å². The van der Waals surface area contributed by atoms with Crippen LogP contribution in [0.15, 0.2) is 6.07 Å². The first-order valence-corrected chi connectivity index (χ1v) is 4.95. The quantitative estimate of drug-likeness (QED) is 0.508. The maximum absolute atomic E-state index is 12.6. The molecule has 1 aromatic heterocycles. The molecular formula is C9H5F5N2O5. The first-order chi connectivity index (χ1) is 9.51. The minimum atomic E-state index is -5.37. The number of aliphatic carboxylic acids is 1.